The van der Waals surface area contributed by atoms with Crippen molar-refractivity contribution >= 4 is 26.0 Å². The normalized spacial score (nSPS) is 12.6. The van der Waals surface area contributed by atoms with Crippen LogP contribution in [-0.4, -0.2) is 20.3 Å². The summed E-state index contributed by atoms with van der Waals surface area (Å²) >= 11 is 3.26. The molecule has 0 aliphatic heterocycles. The highest BCUT2D eigenvalue weighted by Crippen LogP contribution is 2.30. The van der Waals surface area contributed by atoms with Crippen molar-refractivity contribution in [2.24, 2.45) is 0 Å². The molecule has 3 nitrogen and oxygen atoms in total. The third kappa shape index (κ3) is 5.41. The molecule has 114 valence electrons. The molecule has 1 rings (SSSR count). The van der Waals surface area contributed by atoms with E-state index in [9.17, 15) is 21.6 Å². The van der Waals surface area contributed by atoms with Gasteiger partial charge in [0.1, 0.15) is 0 Å². The van der Waals surface area contributed by atoms with Crippen molar-refractivity contribution in [1.29, 1.82) is 0 Å². The molecule has 1 aromatic carbocycles. The van der Waals surface area contributed by atoms with Gasteiger partial charge in [0.05, 0.1) is 10.5 Å². The number of sulfonamides is 1. The van der Waals surface area contributed by atoms with Crippen molar-refractivity contribution in [2.45, 2.75) is 30.3 Å². The molecular formula is C12H15BrF3NO2S. The fourth-order valence-corrected chi connectivity index (χ4v) is 3.04. The lowest BCUT2D eigenvalue weighted by atomic mass is 10.2. The van der Waals surface area contributed by atoms with E-state index >= 15 is 0 Å². The number of halogens is 4. The Hall–Kier alpha value is -0.600. The number of benzene rings is 1. The monoisotopic (exact) mass is 373 g/mol. The highest BCUT2D eigenvalue weighted by atomic mass is 79.9. The molecule has 0 aliphatic rings. The first-order chi connectivity index (χ1) is 9.27. The number of alkyl halides is 4. The largest absolute Gasteiger partial charge is 0.416 e. The van der Waals surface area contributed by atoms with Crippen molar-refractivity contribution in [3.8, 4) is 0 Å². The van der Waals surface area contributed by atoms with Crippen LogP contribution in [0.2, 0.25) is 0 Å². The summed E-state index contributed by atoms with van der Waals surface area (Å²) in [7, 11) is -3.89. The number of nitrogens with one attached hydrogen (secondary N) is 1. The van der Waals surface area contributed by atoms with Crippen LogP contribution in [0.4, 0.5) is 13.2 Å². The quantitative estimate of drug-likeness (QED) is 0.586. The average molecular weight is 374 g/mol. The lowest BCUT2D eigenvalue weighted by Gasteiger charge is -2.10. The Labute approximate surface area is 124 Å². The first kappa shape index (κ1) is 17.5. The van der Waals surface area contributed by atoms with Gasteiger partial charge >= 0.3 is 6.18 Å². The molecule has 0 atom stereocenters. The van der Waals surface area contributed by atoms with Crippen molar-refractivity contribution in [1.82, 2.24) is 4.72 Å². The molecule has 0 bridgehead atoms. The van der Waals surface area contributed by atoms with Gasteiger partial charge in [-0.1, -0.05) is 28.4 Å². The number of hydrogen-bond acceptors (Lipinski definition) is 2. The van der Waals surface area contributed by atoms with E-state index < -0.39 is 21.8 Å². The zero-order valence-corrected chi connectivity index (χ0v) is 13.0. The molecule has 0 spiro atoms. The van der Waals surface area contributed by atoms with Gasteiger partial charge in [-0.3, -0.25) is 0 Å². The highest BCUT2D eigenvalue weighted by molar-refractivity contribution is 9.09. The summed E-state index contributed by atoms with van der Waals surface area (Å²) < 4.78 is 63.6. The van der Waals surface area contributed by atoms with Crippen LogP contribution in [0.5, 0.6) is 0 Å². The Kier molecular flexibility index (Phi) is 6.47. The summed E-state index contributed by atoms with van der Waals surface area (Å²) in [5, 5.41) is 0.841. The molecule has 0 heterocycles. The third-order valence-corrected chi connectivity index (χ3v) is 4.59. The molecule has 1 aromatic rings. The maximum atomic E-state index is 12.5. The number of rotatable bonds is 7. The van der Waals surface area contributed by atoms with E-state index in [4.69, 9.17) is 0 Å². The van der Waals surface area contributed by atoms with Crippen LogP contribution in [0.1, 0.15) is 24.8 Å². The Balaban J connectivity index is 2.73. The van der Waals surface area contributed by atoms with Gasteiger partial charge in [0, 0.05) is 11.9 Å². The van der Waals surface area contributed by atoms with Gasteiger partial charge in [-0.15, -0.1) is 0 Å². The van der Waals surface area contributed by atoms with Crippen molar-refractivity contribution in [3.05, 3.63) is 29.8 Å². The minimum atomic E-state index is -4.55. The first-order valence-corrected chi connectivity index (χ1v) is 8.61. The molecule has 0 saturated carbocycles. The summed E-state index contributed by atoms with van der Waals surface area (Å²) in [5.74, 6) is 0. The second-order valence-corrected chi connectivity index (χ2v) is 6.73. The topological polar surface area (TPSA) is 46.2 Å². The van der Waals surface area contributed by atoms with Crippen molar-refractivity contribution < 1.29 is 21.6 Å². The fourth-order valence-electron chi connectivity index (χ4n) is 1.53. The van der Waals surface area contributed by atoms with Gasteiger partial charge in [-0.25, -0.2) is 13.1 Å². The van der Waals surface area contributed by atoms with Crippen LogP contribution in [0.3, 0.4) is 0 Å². The standard InChI is InChI=1S/C12H15BrF3NO2S/c13-7-2-1-3-8-17-20(18,19)11-6-4-5-10(9-11)12(14,15)16/h4-6,9,17H,1-3,7-8H2. The summed E-state index contributed by atoms with van der Waals surface area (Å²) in [4.78, 5) is -0.368. The summed E-state index contributed by atoms with van der Waals surface area (Å²) in [5.41, 5.74) is -0.973. The third-order valence-electron chi connectivity index (χ3n) is 2.57. The predicted molar refractivity (Wildman–Crippen MR) is 74.3 cm³/mol. The second kappa shape index (κ2) is 7.42. The van der Waals surface area contributed by atoms with Crippen LogP contribution < -0.4 is 4.72 Å². The lowest BCUT2D eigenvalue weighted by molar-refractivity contribution is -0.137. The molecule has 0 amide bonds. The molecule has 1 N–H and O–H groups in total. The van der Waals surface area contributed by atoms with Gasteiger partial charge < -0.3 is 0 Å². The lowest BCUT2D eigenvalue weighted by Crippen LogP contribution is -2.25. The molecule has 0 fully saturated rings. The Morgan fingerprint density at radius 2 is 1.85 bits per heavy atom. The second-order valence-electron chi connectivity index (χ2n) is 4.17. The molecular weight excluding hydrogens is 359 g/mol. The first-order valence-electron chi connectivity index (χ1n) is 6.00. The number of unbranched alkanes of at least 4 members (excludes halogenated alkanes) is 2. The van der Waals surface area contributed by atoms with Gasteiger partial charge in [-0.05, 0) is 31.0 Å². The Bertz CT molecular complexity index is 532. The zero-order chi connectivity index (χ0) is 15.2. The van der Waals surface area contributed by atoms with E-state index in [0.717, 1.165) is 36.4 Å². The summed E-state index contributed by atoms with van der Waals surface area (Å²) in [6.07, 6.45) is -2.15. The Morgan fingerprint density at radius 1 is 1.15 bits per heavy atom. The van der Waals surface area contributed by atoms with Crippen LogP contribution in [0, 0.1) is 0 Å². The molecule has 20 heavy (non-hydrogen) atoms. The van der Waals surface area contributed by atoms with Crippen LogP contribution in [0.15, 0.2) is 29.2 Å². The van der Waals surface area contributed by atoms with E-state index in [2.05, 4.69) is 20.7 Å². The molecule has 0 aliphatic carbocycles. The van der Waals surface area contributed by atoms with E-state index in [0.29, 0.717) is 12.5 Å². The minimum absolute atomic E-state index is 0.214. The molecule has 0 unspecified atom stereocenters. The molecule has 8 heteroatoms. The van der Waals surface area contributed by atoms with Crippen molar-refractivity contribution in [3.63, 3.8) is 0 Å². The Morgan fingerprint density at radius 3 is 2.45 bits per heavy atom. The average Bonchev–Trinajstić information content (AvgIpc) is 2.37. The van der Waals surface area contributed by atoms with E-state index in [1.54, 1.807) is 0 Å². The smallest absolute Gasteiger partial charge is 0.211 e. The molecule has 0 saturated heterocycles. The van der Waals surface area contributed by atoms with Crippen LogP contribution >= 0.6 is 15.9 Å². The maximum Gasteiger partial charge on any atom is 0.416 e. The summed E-state index contributed by atoms with van der Waals surface area (Å²) in [6.45, 7) is 0.214. The van der Waals surface area contributed by atoms with Gasteiger partial charge in [-0.2, -0.15) is 13.2 Å². The van der Waals surface area contributed by atoms with Crippen molar-refractivity contribution in [2.75, 3.05) is 11.9 Å². The van der Waals surface area contributed by atoms with Crippen LogP contribution in [-0.2, 0) is 16.2 Å². The van der Waals surface area contributed by atoms with Crippen LogP contribution in [0.25, 0.3) is 0 Å². The summed E-state index contributed by atoms with van der Waals surface area (Å²) in [6, 6.07) is 3.72. The molecule has 0 radical (unpaired) electrons. The number of hydrogen-bond donors (Lipinski definition) is 1. The van der Waals surface area contributed by atoms with E-state index in [1.807, 2.05) is 0 Å². The maximum absolute atomic E-state index is 12.5. The van der Waals surface area contributed by atoms with Gasteiger partial charge in [0.15, 0.2) is 0 Å². The molecule has 0 aromatic heterocycles. The highest BCUT2D eigenvalue weighted by Gasteiger charge is 2.31. The van der Waals surface area contributed by atoms with E-state index in [1.165, 1.54) is 0 Å². The van der Waals surface area contributed by atoms with E-state index in [-0.39, 0.29) is 11.4 Å². The zero-order valence-electron chi connectivity index (χ0n) is 10.6. The van der Waals surface area contributed by atoms with Gasteiger partial charge in [0.25, 0.3) is 0 Å². The minimum Gasteiger partial charge on any atom is -0.211 e. The predicted octanol–water partition coefficient (Wildman–Crippen LogP) is 3.55. The fraction of sp³-hybridized carbons (Fsp3) is 0.500. The van der Waals surface area contributed by atoms with Gasteiger partial charge in [0.2, 0.25) is 10.0 Å². The SMILES string of the molecule is O=S(=O)(NCCCCCBr)c1cccc(C(F)(F)F)c1.